The SMILES string of the molecule is COc1ccc(CC(CN)CC(=O)O)cc1. The average molecular weight is 223 g/mol. The van der Waals surface area contributed by atoms with Gasteiger partial charge in [0.1, 0.15) is 5.75 Å². The van der Waals surface area contributed by atoms with Crippen LogP contribution in [0.5, 0.6) is 5.75 Å². The van der Waals surface area contributed by atoms with Crippen LogP contribution in [0.3, 0.4) is 0 Å². The second-order valence-electron chi connectivity index (χ2n) is 3.75. The molecule has 0 aromatic heterocycles. The molecule has 0 aliphatic carbocycles. The minimum atomic E-state index is -0.802. The summed E-state index contributed by atoms with van der Waals surface area (Å²) in [6.45, 7) is 0.387. The molecule has 1 atom stereocenters. The third kappa shape index (κ3) is 3.90. The number of hydrogen-bond donors (Lipinski definition) is 2. The Kier molecular flexibility index (Phi) is 4.79. The van der Waals surface area contributed by atoms with Gasteiger partial charge in [0.25, 0.3) is 0 Å². The zero-order chi connectivity index (χ0) is 12.0. The van der Waals surface area contributed by atoms with Gasteiger partial charge in [-0.15, -0.1) is 0 Å². The molecule has 1 aromatic carbocycles. The van der Waals surface area contributed by atoms with E-state index in [1.807, 2.05) is 24.3 Å². The van der Waals surface area contributed by atoms with Crippen LogP contribution in [-0.2, 0) is 11.2 Å². The standard InChI is InChI=1S/C12H17NO3/c1-16-11-4-2-9(3-5-11)6-10(8-13)7-12(14)15/h2-5,10H,6-8,13H2,1H3,(H,14,15). The molecule has 1 aromatic rings. The number of carboxylic acid groups (broad SMARTS) is 1. The Bertz CT molecular complexity index is 335. The van der Waals surface area contributed by atoms with Gasteiger partial charge < -0.3 is 15.6 Å². The molecule has 0 aliphatic heterocycles. The van der Waals surface area contributed by atoms with Crippen LogP contribution in [0, 0.1) is 5.92 Å². The van der Waals surface area contributed by atoms with Gasteiger partial charge in [-0.05, 0) is 36.6 Å². The Morgan fingerprint density at radius 1 is 1.44 bits per heavy atom. The highest BCUT2D eigenvalue weighted by Crippen LogP contribution is 2.15. The van der Waals surface area contributed by atoms with Crippen LogP contribution in [-0.4, -0.2) is 24.7 Å². The summed E-state index contributed by atoms with van der Waals surface area (Å²) in [5.74, 6) is -0.0128. The fourth-order valence-corrected chi connectivity index (χ4v) is 1.58. The summed E-state index contributed by atoms with van der Waals surface area (Å²) in [6.07, 6.45) is 0.801. The minimum Gasteiger partial charge on any atom is -0.497 e. The van der Waals surface area contributed by atoms with Crippen LogP contribution in [0.15, 0.2) is 24.3 Å². The van der Waals surface area contributed by atoms with Gasteiger partial charge in [-0.25, -0.2) is 0 Å². The Morgan fingerprint density at radius 3 is 2.50 bits per heavy atom. The molecule has 4 nitrogen and oxygen atoms in total. The molecule has 0 bridgehead atoms. The molecule has 1 unspecified atom stereocenters. The summed E-state index contributed by atoms with van der Waals surface area (Å²) in [6, 6.07) is 7.60. The number of benzene rings is 1. The van der Waals surface area contributed by atoms with Crippen LogP contribution in [0.4, 0.5) is 0 Å². The Balaban J connectivity index is 2.59. The van der Waals surface area contributed by atoms with E-state index < -0.39 is 5.97 Å². The van der Waals surface area contributed by atoms with E-state index in [1.165, 1.54) is 0 Å². The highest BCUT2D eigenvalue weighted by atomic mass is 16.5. The number of ether oxygens (including phenoxy) is 1. The second-order valence-corrected chi connectivity index (χ2v) is 3.75. The molecule has 0 spiro atoms. The van der Waals surface area contributed by atoms with Crippen LogP contribution >= 0.6 is 0 Å². The van der Waals surface area contributed by atoms with Gasteiger partial charge in [0.05, 0.1) is 7.11 Å². The van der Waals surface area contributed by atoms with Crippen molar-refractivity contribution in [2.45, 2.75) is 12.8 Å². The first-order valence-corrected chi connectivity index (χ1v) is 5.20. The number of nitrogens with two attached hydrogens (primary N) is 1. The molecule has 88 valence electrons. The summed E-state index contributed by atoms with van der Waals surface area (Å²) >= 11 is 0. The molecule has 4 heteroatoms. The van der Waals surface area contributed by atoms with Gasteiger partial charge in [0.15, 0.2) is 0 Å². The maximum absolute atomic E-state index is 10.6. The van der Waals surface area contributed by atoms with E-state index in [2.05, 4.69) is 0 Å². The molecular formula is C12H17NO3. The predicted molar refractivity (Wildman–Crippen MR) is 61.5 cm³/mol. The van der Waals surface area contributed by atoms with Gasteiger partial charge in [-0.1, -0.05) is 12.1 Å². The molecule has 0 heterocycles. The van der Waals surface area contributed by atoms with E-state index in [0.29, 0.717) is 13.0 Å². The molecule has 0 amide bonds. The van der Waals surface area contributed by atoms with Crippen molar-refractivity contribution in [2.75, 3.05) is 13.7 Å². The fourth-order valence-electron chi connectivity index (χ4n) is 1.58. The van der Waals surface area contributed by atoms with Gasteiger partial charge in [-0.2, -0.15) is 0 Å². The average Bonchev–Trinajstić information content (AvgIpc) is 2.28. The highest BCUT2D eigenvalue weighted by molar-refractivity contribution is 5.67. The first-order chi connectivity index (χ1) is 7.65. The fraction of sp³-hybridized carbons (Fsp3) is 0.417. The van der Waals surface area contributed by atoms with Crippen molar-refractivity contribution in [3.63, 3.8) is 0 Å². The molecule has 0 fully saturated rings. The number of methoxy groups -OCH3 is 1. The summed E-state index contributed by atoms with van der Waals surface area (Å²) in [5.41, 5.74) is 6.62. The lowest BCUT2D eigenvalue weighted by Crippen LogP contribution is -2.20. The molecule has 3 N–H and O–H groups in total. The van der Waals surface area contributed by atoms with Crippen molar-refractivity contribution in [3.05, 3.63) is 29.8 Å². The van der Waals surface area contributed by atoms with Gasteiger partial charge >= 0.3 is 5.97 Å². The van der Waals surface area contributed by atoms with E-state index in [0.717, 1.165) is 11.3 Å². The third-order valence-corrected chi connectivity index (χ3v) is 2.48. The van der Waals surface area contributed by atoms with E-state index in [1.54, 1.807) is 7.11 Å². The quantitative estimate of drug-likeness (QED) is 0.762. The number of rotatable bonds is 6. The van der Waals surface area contributed by atoms with Crippen molar-refractivity contribution >= 4 is 5.97 Å². The lowest BCUT2D eigenvalue weighted by molar-refractivity contribution is -0.138. The maximum atomic E-state index is 10.6. The molecular weight excluding hydrogens is 206 g/mol. The van der Waals surface area contributed by atoms with Gasteiger partial charge in [-0.3, -0.25) is 4.79 Å². The van der Waals surface area contributed by atoms with Gasteiger partial charge in [0.2, 0.25) is 0 Å². The summed E-state index contributed by atoms with van der Waals surface area (Å²) in [5, 5.41) is 8.70. The minimum absolute atomic E-state index is 0.00843. The molecule has 0 saturated heterocycles. The van der Waals surface area contributed by atoms with E-state index >= 15 is 0 Å². The Morgan fingerprint density at radius 2 is 2.06 bits per heavy atom. The normalized spacial score (nSPS) is 12.1. The zero-order valence-corrected chi connectivity index (χ0v) is 9.35. The molecule has 0 aliphatic rings. The largest absolute Gasteiger partial charge is 0.497 e. The molecule has 1 rings (SSSR count). The zero-order valence-electron chi connectivity index (χ0n) is 9.35. The van der Waals surface area contributed by atoms with Crippen LogP contribution < -0.4 is 10.5 Å². The first-order valence-electron chi connectivity index (χ1n) is 5.20. The van der Waals surface area contributed by atoms with Crippen molar-refractivity contribution in [3.8, 4) is 5.75 Å². The van der Waals surface area contributed by atoms with E-state index in [-0.39, 0.29) is 12.3 Å². The van der Waals surface area contributed by atoms with Crippen LogP contribution in [0.25, 0.3) is 0 Å². The summed E-state index contributed by atoms with van der Waals surface area (Å²) in [4.78, 5) is 10.6. The first kappa shape index (κ1) is 12.5. The van der Waals surface area contributed by atoms with Crippen LogP contribution in [0.1, 0.15) is 12.0 Å². The lowest BCUT2D eigenvalue weighted by Gasteiger charge is -2.12. The monoisotopic (exact) mass is 223 g/mol. The van der Waals surface area contributed by atoms with E-state index in [9.17, 15) is 4.79 Å². The molecule has 0 radical (unpaired) electrons. The summed E-state index contributed by atoms with van der Waals surface area (Å²) < 4.78 is 5.05. The van der Waals surface area contributed by atoms with Crippen LogP contribution in [0.2, 0.25) is 0 Å². The van der Waals surface area contributed by atoms with Crippen molar-refractivity contribution in [1.29, 1.82) is 0 Å². The third-order valence-electron chi connectivity index (χ3n) is 2.48. The molecule has 0 saturated carbocycles. The molecule has 16 heavy (non-hydrogen) atoms. The lowest BCUT2D eigenvalue weighted by atomic mass is 9.96. The predicted octanol–water partition coefficient (Wildman–Crippen LogP) is 1.29. The number of hydrogen-bond acceptors (Lipinski definition) is 3. The second kappa shape index (κ2) is 6.12. The topological polar surface area (TPSA) is 72.5 Å². The van der Waals surface area contributed by atoms with Crippen molar-refractivity contribution < 1.29 is 14.6 Å². The van der Waals surface area contributed by atoms with E-state index in [4.69, 9.17) is 15.6 Å². The Labute approximate surface area is 95.0 Å². The highest BCUT2D eigenvalue weighted by Gasteiger charge is 2.12. The number of carboxylic acids is 1. The number of aliphatic carboxylic acids is 1. The van der Waals surface area contributed by atoms with Gasteiger partial charge in [0, 0.05) is 6.42 Å². The van der Waals surface area contributed by atoms with Crippen molar-refractivity contribution in [1.82, 2.24) is 0 Å². The number of carbonyl (C=O) groups is 1. The summed E-state index contributed by atoms with van der Waals surface area (Å²) in [7, 11) is 1.61. The smallest absolute Gasteiger partial charge is 0.303 e. The maximum Gasteiger partial charge on any atom is 0.303 e. The Hall–Kier alpha value is -1.55. The van der Waals surface area contributed by atoms with Crippen molar-refractivity contribution in [2.24, 2.45) is 11.7 Å².